The van der Waals surface area contributed by atoms with E-state index >= 15 is 0 Å². The van der Waals surface area contributed by atoms with E-state index < -0.39 is 0 Å². The van der Waals surface area contributed by atoms with Crippen LogP contribution in [0.4, 0.5) is 0 Å². The highest BCUT2D eigenvalue weighted by Gasteiger charge is 2.15. The third-order valence-electron chi connectivity index (χ3n) is 4.85. The lowest BCUT2D eigenvalue weighted by Crippen LogP contribution is -2.15. The summed E-state index contributed by atoms with van der Waals surface area (Å²) in [6.45, 7) is 6.17. The van der Waals surface area contributed by atoms with Crippen molar-refractivity contribution < 1.29 is 4.79 Å². The molecule has 1 aromatic heterocycles. The number of nitrogens with zero attached hydrogens (tertiary/aromatic N) is 3. The molecule has 0 radical (unpaired) electrons. The predicted octanol–water partition coefficient (Wildman–Crippen LogP) is 5.85. The summed E-state index contributed by atoms with van der Waals surface area (Å²) in [4.78, 5) is 10.1. The van der Waals surface area contributed by atoms with Gasteiger partial charge in [-0.3, -0.25) is 9.36 Å². The van der Waals surface area contributed by atoms with Gasteiger partial charge in [-0.2, -0.15) is 0 Å². The minimum atomic E-state index is 0.105. The Morgan fingerprint density at radius 3 is 2.16 bits per heavy atom. The topological polar surface area (TPSA) is 59.8 Å². The monoisotopic (exact) mass is 444 g/mol. The molecule has 4 aromatic rings. The Labute approximate surface area is 193 Å². The standard InChI is InChI=1S/C17H17N3S.C9H11NO/c1-3-21-17-19-18-16(14-7-5-4-6-8-14)20(17)15-11-9-13(2)10-12-15;1-8(10-7-11)9-5-3-2-4-6-9/h4-12H,3H2,1-2H3;2-8H,1H3,(H,10,11). The number of rotatable bonds is 7. The van der Waals surface area contributed by atoms with Crippen molar-refractivity contribution in [3.8, 4) is 17.1 Å². The van der Waals surface area contributed by atoms with Gasteiger partial charge in [0.1, 0.15) is 0 Å². The van der Waals surface area contributed by atoms with Gasteiger partial charge in [-0.05, 0) is 37.3 Å². The quantitative estimate of drug-likeness (QED) is 0.287. The second kappa shape index (κ2) is 11.9. The molecule has 5 nitrogen and oxygen atoms in total. The van der Waals surface area contributed by atoms with Crippen LogP contribution in [0.3, 0.4) is 0 Å². The summed E-state index contributed by atoms with van der Waals surface area (Å²) in [7, 11) is 0. The number of carbonyl (C=O) groups excluding carboxylic acids is 1. The third-order valence-corrected chi connectivity index (χ3v) is 5.66. The van der Waals surface area contributed by atoms with Crippen LogP contribution in [0, 0.1) is 6.92 Å². The van der Waals surface area contributed by atoms with Gasteiger partial charge >= 0.3 is 0 Å². The van der Waals surface area contributed by atoms with E-state index in [-0.39, 0.29) is 6.04 Å². The second-order valence-corrected chi connectivity index (χ2v) is 8.42. The number of hydrogen-bond acceptors (Lipinski definition) is 4. The molecule has 0 bridgehead atoms. The number of benzene rings is 3. The van der Waals surface area contributed by atoms with E-state index in [0.717, 1.165) is 40.0 Å². The fraction of sp³-hybridized carbons (Fsp3) is 0.192. The molecule has 0 aliphatic carbocycles. The zero-order chi connectivity index (χ0) is 22.8. The summed E-state index contributed by atoms with van der Waals surface area (Å²) >= 11 is 1.71. The van der Waals surface area contributed by atoms with E-state index in [4.69, 9.17) is 0 Å². The molecule has 1 unspecified atom stereocenters. The summed E-state index contributed by atoms with van der Waals surface area (Å²) in [6.07, 6.45) is 0.720. The molecular weight excluding hydrogens is 416 g/mol. The summed E-state index contributed by atoms with van der Waals surface area (Å²) in [6, 6.07) is 28.6. The van der Waals surface area contributed by atoms with Gasteiger partial charge in [0.25, 0.3) is 0 Å². The Kier molecular flexibility index (Phi) is 8.63. The van der Waals surface area contributed by atoms with E-state index in [1.165, 1.54) is 5.56 Å². The van der Waals surface area contributed by atoms with E-state index in [1.54, 1.807) is 11.8 Å². The number of aryl methyl sites for hydroxylation is 1. The van der Waals surface area contributed by atoms with Crippen LogP contribution < -0.4 is 5.32 Å². The van der Waals surface area contributed by atoms with E-state index in [2.05, 4.69) is 70.3 Å². The lowest BCUT2D eigenvalue weighted by atomic mass is 10.1. The molecule has 0 aliphatic heterocycles. The van der Waals surface area contributed by atoms with Gasteiger partial charge in [0.2, 0.25) is 6.41 Å². The molecule has 4 rings (SSSR count). The van der Waals surface area contributed by atoms with Gasteiger partial charge in [0.15, 0.2) is 11.0 Å². The van der Waals surface area contributed by atoms with Gasteiger partial charge in [-0.1, -0.05) is 97.0 Å². The molecule has 0 fully saturated rings. The minimum Gasteiger partial charge on any atom is -0.352 e. The number of nitrogens with one attached hydrogen (secondary N) is 1. The Balaban J connectivity index is 0.000000222. The van der Waals surface area contributed by atoms with Crippen molar-refractivity contribution in [1.82, 2.24) is 20.1 Å². The van der Waals surface area contributed by atoms with Crippen molar-refractivity contribution in [3.63, 3.8) is 0 Å². The molecule has 0 saturated heterocycles. The normalized spacial score (nSPS) is 11.2. The first-order chi connectivity index (χ1) is 15.6. The Hall–Kier alpha value is -3.38. The van der Waals surface area contributed by atoms with E-state index in [9.17, 15) is 4.79 Å². The van der Waals surface area contributed by atoms with Crippen LogP contribution in [-0.4, -0.2) is 26.9 Å². The average molecular weight is 445 g/mol. The molecule has 3 aromatic carbocycles. The average Bonchev–Trinajstić information content (AvgIpc) is 3.25. The fourth-order valence-electron chi connectivity index (χ4n) is 3.13. The fourth-order valence-corrected chi connectivity index (χ4v) is 3.81. The Bertz CT molecular complexity index is 1100. The van der Waals surface area contributed by atoms with Crippen LogP contribution in [-0.2, 0) is 4.79 Å². The molecule has 164 valence electrons. The summed E-state index contributed by atoms with van der Waals surface area (Å²) < 4.78 is 2.13. The van der Waals surface area contributed by atoms with Crippen molar-refractivity contribution in [2.45, 2.75) is 32.0 Å². The van der Waals surface area contributed by atoms with Gasteiger partial charge in [-0.15, -0.1) is 10.2 Å². The van der Waals surface area contributed by atoms with Crippen LogP contribution in [0.25, 0.3) is 17.1 Å². The molecule has 6 heteroatoms. The number of hydrogen-bond donors (Lipinski definition) is 1. The van der Waals surface area contributed by atoms with Crippen LogP contribution >= 0.6 is 11.8 Å². The zero-order valence-electron chi connectivity index (χ0n) is 18.6. The lowest BCUT2D eigenvalue weighted by Gasteiger charge is -2.10. The van der Waals surface area contributed by atoms with Crippen molar-refractivity contribution in [2.75, 3.05) is 5.75 Å². The molecule has 1 atom stereocenters. The maximum atomic E-state index is 10.1. The first-order valence-electron chi connectivity index (χ1n) is 10.6. The molecule has 0 spiro atoms. The predicted molar refractivity (Wildman–Crippen MR) is 132 cm³/mol. The van der Waals surface area contributed by atoms with Crippen LogP contribution in [0.15, 0.2) is 90.1 Å². The first kappa shape index (κ1) is 23.3. The summed E-state index contributed by atoms with van der Waals surface area (Å²) in [5.41, 5.74) is 4.55. The smallest absolute Gasteiger partial charge is 0.207 e. The van der Waals surface area contributed by atoms with Crippen molar-refractivity contribution in [2.24, 2.45) is 0 Å². The number of carbonyl (C=O) groups is 1. The highest BCUT2D eigenvalue weighted by Crippen LogP contribution is 2.27. The molecule has 1 heterocycles. The van der Waals surface area contributed by atoms with Crippen LogP contribution in [0.2, 0.25) is 0 Å². The van der Waals surface area contributed by atoms with Gasteiger partial charge in [0.05, 0.1) is 6.04 Å². The van der Waals surface area contributed by atoms with E-state index in [1.807, 2.05) is 55.5 Å². The summed E-state index contributed by atoms with van der Waals surface area (Å²) in [5, 5.41) is 12.4. The Morgan fingerprint density at radius 2 is 1.56 bits per heavy atom. The van der Waals surface area contributed by atoms with Gasteiger partial charge in [0, 0.05) is 11.3 Å². The number of amides is 1. The molecule has 0 aliphatic rings. The van der Waals surface area contributed by atoms with Gasteiger partial charge in [-0.25, -0.2) is 0 Å². The van der Waals surface area contributed by atoms with Crippen molar-refractivity contribution >= 4 is 18.2 Å². The van der Waals surface area contributed by atoms with Crippen LogP contribution in [0.1, 0.15) is 31.0 Å². The molecule has 1 amide bonds. The Morgan fingerprint density at radius 1 is 0.938 bits per heavy atom. The van der Waals surface area contributed by atoms with Crippen molar-refractivity contribution in [3.05, 3.63) is 96.1 Å². The SMILES string of the molecule is CC(NC=O)c1ccccc1.CCSc1nnc(-c2ccccc2)n1-c1ccc(C)cc1. The van der Waals surface area contributed by atoms with Gasteiger partial charge < -0.3 is 5.32 Å². The molecular formula is C26H28N4OS. The number of aromatic nitrogens is 3. The van der Waals surface area contributed by atoms with E-state index in [0.29, 0.717) is 0 Å². The number of thioether (sulfide) groups is 1. The maximum absolute atomic E-state index is 10.1. The summed E-state index contributed by atoms with van der Waals surface area (Å²) in [5.74, 6) is 1.86. The maximum Gasteiger partial charge on any atom is 0.207 e. The largest absolute Gasteiger partial charge is 0.352 e. The van der Waals surface area contributed by atoms with Crippen LogP contribution in [0.5, 0.6) is 0 Å². The minimum absolute atomic E-state index is 0.105. The third kappa shape index (κ3) is 6.08. The molecule has 0 saturated carbocycles. The second-order valence-electron chi connectivity index (χ2n) is 7.19. The lowest BCUT2D eigenvalue weighted by molar-refractivity contribution is -0.110. The first-order valence-corrected chi connectivity index (χ1v) is 11.6. The highest BCUT2D eigenvalue weighted by molar-refractivity contribution is 7.99. The zero-order valence-corrected chi connectivity index (χ0v) is 19.4. The van der Waals surface area contributed by atoms with Crippen molar-refractivity contribution in [1.29, 1.82) is 0 Å². The molecule has 1 N–H and O–H groups in total. The highest BCUT2D eigenvalue weighted by atomic mass is 32.2. The molecule has 32 heavy (non-hydrogen) atoms.